The minimum atomic E-state index is -0.183. The van der Waals surface area contributed by atoms with Crippen molar-refractivity contribution in [1.29, 1.82) is 0 Å². The van der Waals surface area contributed by atoms with Gasteiger partial charge in [-0.2, -0.15) is 15.2 Å². The number of aromatic nitrogens is 6. The zero-order valence-electron chi connectivity index (χ0n) is 11.8. The molecule has 0 aromatic carbocycles. The van der Waals surface area contributed by atoms with Gasteiger partial charge in [-0.25, -0.2) is 9.50 Å². The van der Waals surface area contributed by atoms with Crippen LogP contribution in [0.3, 0.4) is 0 Å². The normalized spacial score (nSPS) is 11.0. The third-order valence-corrected chi connectivity index (χ3v) is 3.36. The predicted octanol–water partition coefficient (Wildman–Crippen LogP) is 0.648. The van der Waals surface area contributed by atoms with E-state index in [1.54, 1.807) is 16.9 Å². The number of nitrogens with zero attached hydrogens (tertiary/aromatic N) is 5. The molecule has 3 aromatic rings. The van der Waals surface area contributed by atoms with Crippen LogP contribution < -0.4 is 5.32 Å². The monoisotopic (exact) mass is 285 g/mol. The van der Waals surface area contributed by atoms with E-state index in [9.17, 15) is 4.79 Å². The zero-order valence-corrected chi connectivity index (χ0v) is 11.8. The van der Waals surface area contributed by atoms with Gasteiger partial charge in [0.05, 0.1) is 17.5 Å². The first-order valence-corrected chi connectivity index (χ1v) is 6.65. The van der Waals surface area contributed by atoms with Gasteiger partial charge < -0.3 is 5.32 Å². The zero-order chi connectivity index (χ0) is 14.8. The number of hydrogen-bond donors (Lipinski definition) is 2. The number of fused-ring (bicyclic) bond motifs is 1. The first kappa shape index (κ1) is 13.2. The number of carbonyl (C=O) groups is 1. The van der Waals surface area contributed by atoms with Crippen LogP contribution in [0.2, 0.25) is 0 Å². The van der Waals surface area contributed by atoms with Crippen molar-refractivity contribution in [3.63, 3.8) is 0 Å². The van der Waals surface area contributed by atoms with Crippen LogP contribution in [0.5, 0.6) is 0 Å². The second-order valence-corrected chi connectivity index (χ2v) is 4.65. The van der Waals surface area contributed by atoms with Crippen LogP contribution in [0.4, 0.5) is 0 Å². The first-order chi connectivity index (χ1) is 10.2. The van der Waals surface area contributed by atoms with E-state index < -0.39 is 0 Å². The van der Waals surface area contributed by atoms with Gasteiger partial charge in [0.1, 0.15) is 6.33 Å². The number of H-pyrrole nitrogens is 1. The summed E-state index contributed by atoms with van der Waals surface area (Å²) in [4.78, 5) is 20.5. The van der Waals surface area contributed by atoms with Crippen molar-refractivity contribution in [2.24, 2.45) is 0 Å². The molecule has 3 aromatic heterocycles. The molecule has 3 rings (SSSR count). The number of amides is 1. The molecule has 0 fully saturated rings. The van der Waals surface area contributed by atoms with Gasteiger partial charge in [0.2, 0.25) is 0 Å². The number of rotatable bonds is 4. The van der Waals surface area contributed by atoms with E-state index in [2.05, 4.69) is 30.6 Å². The fraction of sp³-hybridized carbons (Fsp3) is 0.308. The highest BCUT2D eigenvalue weighted by molar-refractivity contribution is 5.95. The maximum absolute atomic E-state index is 12.4. The molecule has 0 aliphatic heterocycles. The third kappa shape index (κ3) is 2.35. The highest BCUT2D eigenvalue weighted by atomic mass is 16.1. The average Bonchev–Trinajstić information content (AvgIpc) is 3.12. The molecule has 108 valence electrons. The Morgan fingerprint density at radius 1 is 1.38 bits per heavy atom. The molecule has 8 heteroatoms. The molecular weight excluding hydrogens is 270 g/mol. The van der Waals surface area contributed by atoms with E-state index in [1.165, 1.54) is 6.33 Å². The van der Waals surface area contributed by atoms with Gasteiger partial charge in [0.25, 0.3) is 11.7 Å². The van der Waals surface area contributed by atoms with Gasteiger partial charge in [-0.1, -0.05) is 6.92 Å². The third-order valence-electron chi connectivity index (χ3n) is 3.36. The van der Waals surface area contributed by atoms with Gasteiger partial charge in [0.15, 0.2) is 0 Å². The van der Waals surface area contributed by atoms with Crippen molar-refractivity contribution < 1.29 is 4.79 Å². The Labute approximate surface area is 120 Å². The summed E-state index contributed by atoms with van der Waals surface area (Å²) in [5, 5.41) is 13.7. The lowest BCUT2D eigenvalue weighted by molar-refractivity contribution is 0.0949. The van der Waals surface area contributed by atoms with E-state index in [0.29, 0.717) is 24.3 Å². The minimum absolute atomic E-state index is 0.183. The quantitative estimate of drug-likeness (QED) is 0.733. The topological polar surface area (TPSA) is 101 Å². The van der Waals surface area contributed by atoms with Crippen LogP contribution in [0.15, 0.2) is 18.7 Å². The van der Waals surface area contributed by atoms with Gasteiger partial charge in [-0.3, -0.25) is 9.89 Å². The second-order valence-electron chi connectivity index (χ2n) is 4.65. The van der Waals surface area contributed by atoms with E-state index in [0.717, 1.165) is 17.0 Å². The Kier molecular flexibility index (Phi) is 3.35. The van der Waals surface area contributed by atoms with Crippen LogP contribution in [-0.4, -0.2) is 35.7 Å². The molecule has 21 heavy (non-hydrogen) atoms. The van der Waals surface area contributed by atoms with Crippen molar-refractivity contribution in [1.82, 2.24) is 35.1 Å². The summed E-state index contributed by atoms with van der Waals surface area (Å²) >= 11 is 0. The fourth-order valence-electron chi connectivity index (χ4n) is 2.18. The summed E-state index contributed by atoms with van der Waals surface area (Å²) < 4.78 is 1.60. The van der Waals surface area contributed by atoms with E-state index in [1.807, 2.05) is 13.8 Å². The molecule has 0 saturated heterocycles. The van der Waals surface area contributed by atoms with Gasteiger partial charge in [0, 0.05) is 24.0 Å². The Bertz CT molecular complexity index is 789. The van der Waals surface area contributed by atoms with Crippen LogP contribution in [0.1, 0.15) is 34.2 Å². The highest BCUT2D eigenvalue weighted by Gasteiger charge is 2.15. The Morgan fingerprint density at radius 3 is 2.95 bits per heavy atom. The molecule has 0 unspecified atom stereocenters. The summed E-state index contributed by atoms with van der Waals surface area (Å²) in [5.41, 5.74) is 3.20. The Morgan fingerprint density at radius 2 is 2.24 bits per heavy atom. The number of aryl methyl sites for hydroxylation is 2. The average molecular weight is 285 g/mol. The summed E-state index contributed by atoms with van der Waals surface area (Å²) in [6, 6.07) is 0. The molecule has 1 amide bonds. The van der Waals surface area contributed by atoms with Crippen LogP contribution in [0.25, 0.3) is 5.78 Å². The number of aromatic amines is 1. The summed E-state index contributed by atoms with van der Waals surface area (Å²) in [7, 11) is 0. The number of hydrogen-bond acceptors (Lipinski definition) is 5. The first-order valence-electron chi connectivity index (χ1n) is 6.65. The van der Waals surface area contributed by atoms with Gasteiger partial charge >= 0.3 is 0 Å². The molecule has 0 radical (unpaired) electrons. The van der Waals surface area contributed by atoms with Crippen molar-refractivity contribution >= 4 is 11.7 Å². The minimum Gasteiger partial charge on any atom is -0.348 e. The predicted molar refractivity (Wildman–Crippen MR) is 74.7 cm³/mol. The van der Waals surface area contributed by atoms with Crippen molar-refractivity contribution in [3.8, 4) is 0 Å². The maximum atomic E-state index is 12.4. The summed E-state index contributed by atoms with van der Waals surface area (Å²) in [5.74, 6) is 0.312. The SMILES string of the molecule is CCc1c(C(=O)NCc2cn[nH]c2C)cnc2ncnn12. The fourth-order valence-corrected chi connectivity index (χ4v) is 2.18. The molecular formula is C13H15N7O. The Balaban J connectivity index is 1.85. The molecule has 0 bridgehead atoms. The van der Waals surface area contributed by atoms with Gasteiger partial charge in [-0.15, -0.1) is 0 Å². The molecule has 0 atom stereocenters. The molecule has 0 saturated carbocycles. The van der Waals surface area contributed by atoms with E-state index in [-0.39, 0.29) is 5.91 Å². The number of nitrogens with one attached hydrogen (secondary N) is 2. The molecule has 0 aliphatic rings. The summed E-state index contributed by atoms with van der Waals surface area (Å²) in [6.45, 7) is 4.29. The Hall–Kier alpha value is -2.77. The molecule has 0 aliphatic carbocycles. The molecule has 3 heterocycles. The lowest BCUT2D eigenvalue weighted by Gasteiger charge is -2.09. The molecule has 8 nitrogen and oxygen atoms in total. The second kappa shape index (κ2) is 5.31. The maximum Gasteiger partial charge on any atom is 0.254 e. The lowest BCUT2D eigenvalue weighted by atomic mass is 10.1. The van der Waals surface area contributed by atoms with Crippen LogP contribution >= 0.6 is 0 Å². The van der Waals surface area contributed by atoms with Crippen LogP contribution in [0, 0.1) is 6.92 Å². The van der Waals surface area contributed by atoms with Gasteiger partial charge in [-0.05, 0) is 13.3 Å². The van der Waals surface area contributed by atoms with Crippen molar-refractivity contribution in [3.05, 3.63) is 41.2 Å². The van der Waals surface area contributed by atoms with E-state index in [4.69, 9.17) is 0 Å². The molecule has 0 spiro atoms. The van der Waals surface area contributed by atoms with Crippen molar-refractivity contribution in [2.45, 2.75) is 26.8 Å². The largest absolute Gasteiger partial charge is 0.348 e. The lowest BCUT2D eigenvalue weighted by Crippen LogP contribution is -2.25. The smallest absolute Gasteiger partial charge is 0.254 e. The highest BCUT2D eigenvalue weighted by Crippen LogP contribution is 2.10. The standard InChI is InChI=1S/C13H15N7O/c1-3-11-10(6-15-13-16-7-18-20(11)13)12(21)14-4-9-5-17-19-8(9)2/h5-7H,3-4H2,1-2H3,(H,14,21)(H,17,19). The van der Waals surface area contributed by atoms with Crippen molar-refractivity contribution in [2.75, 3.05) is 0 Å². The summed E-state index contributed by atoms with van der Waals surface area (Å²) in [6.07, 6.45) is 5.34. The number of carbonyl (C=O) groups excluding carboxylic acids is 1. The van der Waals surface area contributed by atoms with Crippen LogP contribution in [-0.2, 0) is 13.0 Å². The van der Waals surface area contributed by atoms with E-state index >= 15 is 0 Å². The molecule has 2 N–H and O–H groups in total.